The third kappa shape index (κ3) is 4.54. The summed E-state index contributed by atoms with van der Waals surface area (Å²) in [5, 5.41) is 6.82. The van der Waals surface area contributed by atoms with Crippen LogP contribution < -0.4 is 10.6 Å². The molecule has 0 aromatic carbocycles. The average Bonchev–Trinajstić information content (AvgIpc) is 2.45. The standard InChI is InChI=1S/C15H27N5O/c1-5-16-14-12(3)15(19-13(4)18-14)17-11(2)10-20-6-8-21-9-7-20/h11H,5-10H2,1-4H3,(H2,16,17,18,19). The van der Waals surface area contributed by atoms with Gasteiger partial charge in [-0.1, -0.05) is 0 Å². The number of nitrogens with zero attached hydrogens (tertiary/aromatic N) is 3. The van der Waals surface area contributed by atoms with Crippen LogP contribution in [0.5, 0.6) is 0 Å². The zero-order valence-corrected chi connectivity index (χ0v) is 13.6. The lowest BCUT2D eigenvalue weighted by molar-refractivity contribution is 0.0368. The normalized spacial score (nSPS) is 17.5. The summed E-state index contributed by atoms with van der Waals surface area (Å²) in [4.78, 5) is 11.4. The Bertz CT molecular complexity index is 460. The lowest BCUT2D eigenvalue weighted by atomic mass is 10.2. The number of morpholine rings is 1. The second-order valence-corrected chi connectivity index (χ2v) is 5.58. The van der Waals surface area contributed by atoms with Gasteiger partial charge < -0.3 is 15.4 Å². The highest BCUT2D eigenvalue weighted by Gasteiger charge is 2.16. The van der Waals surface area contributed by atoms with Crippen molar-refractivity contribution in [1.29, 1.82) is 0 Å². The first-order valence-electron chi connectivity index (χ1n) is 7.76. The molecule has 6 heteroatoms. The molecule has 0 aliphatic carbocycles. The molecule has 1 fully saturated rings. The van der Waals surface area contributed by atoms with Crippen LogP contribution in [0.2, 0.25) is 0 Å². The predicted octanol–water partition coefficient (Wildman–Crippen LogP) is 1.66. The van der Waals surface area contributed by atoms with E-state index in [1.807, 2.05) is 6.92 Å². The van der Waals surface area contributed by atoms with Gasteiger partial charge in [0.15, 0.2) is 0 Å². The van der Waals surface area contributed by atoms with Gasteiger partial charge >= 0.3 is 0 Å². The molecule has 1 aromatic heterocycles. The number of rotatable bonds is 6. The number of anilines is 2. The van der Waals surface area contributed by atoms with Gasteiger partial charge in [-0.3, -0.25) is 4.90 Å². The lowest BCUT2D eigenvalue weighted by Crippen LogP contribution is -2.42. The Kier molecular flexibility index (Phi) is 5.76. The van der Waals surface area contributed by atoms with Crippen molar-refractivity contribution >= 4 is 11.6 Å². The smallest absolute Gasteiger partial charge is 0.135 e. The van der Waals surface area contributed by atoms with Crippen LogP contribution in [0.1, 0.15) is 25.2 Å². The molecule has 2 N–H and O–H groups in total. The van der Waals surface area contributed by atoms with Crippen LogP contribution in [-0.4, -0.2) is 60.3 Å². The predicted molar refractivity (Wildman–Crippen MR) is 86.0 cm³/mol. The zero-order chi connectivity index (χ0) is 15.2. The van der Waals surface area contributed by atoms with E-state index in [2.05, 4.69) is 46.3 Å². The van der Waals surface area contributed by atoms with Gasteiger partial charge in [0.05, 0.1) is 13.2 Å². The Labute approximate surface area is 127 Å². The van der Waals surface area contributed by atoms with E-state index >= 15 is 0 Å². The Morgan fingerprint density at radius 1 is 1.19 bits per heavy atom. The average molecular weight is 293 g/mol. The van der Waals surface area contributed by atoms with Crippen LogP contribution in [0.4, 0.5) is 11.6 Å². The molecular weight excluding hydrogens is 266 g/mol. The van der Waals surface area contributed by atoms with E-state index < -0.39 is 0 Å². The quantitative estimate of drug-likeness (QED) is 0.832. The summed E-state index contributed by atoms with van der Waals surface area (Å²) in [6, 6.07) is 0.338. The number of hydrogen-bond acceptors (Lipinski definition) is 6. The zero-order valence-electron chi connectivity index (χ0n) is 13.6. The van der Waals surface area contributed by atoms with E-state index in [1.54, 1.807) is 0 Å². The second-order valence-electron chi connectivity index (χ2n) is 5.58. The first kappa shape index (κ1) is 16.0. The minimum atomic E-state index is 0.338. The molecule has 1 atom stereocenters. The first-order valence-corrected chi connectivity index (χ1v) is 7.76. The Morgan fingerprint density at radius 3 is 2.52 bits per heavy atom. The van der Waals surface area contributed by atoms with Gasteiger partial charge in [0.1, 0.15) is 17.5 Å². The summed E-state index contributed by atoms with van der Waals surface area (Å²) in [6.45, 7) is 13.8. The van der Waals surface area contributed by atoms with E-state index in [0.29, 0.717) is 6.04 Å². The van der Waals surface area contributed by atoms with Crippen LogP contribution in [-0.2, 0) is 4.74 Å². The van der Waals surface area contributed by atoms with Crippen LogP contribution in [0.15, 0.2) is 0 Å². The number of nitrogens with one attached hydrogen (secondary N) is 2. The van der Waals surface area contributed by atoms with Crippen molar-refractivity contribution in [2.75, 3.05) is 50.0 Å². The van der Waals surface area contributed by atoms with Crippen molar-refractivity contribution in [3.05, 3.63) is 11.4 Å². The van der Waals surface area contributed by atoms with E-state index in [-0.39, 0.29) is 0 Å². The molecule has 0 bridgehead atoms. The fourth-order valence-electron chi connectivity index (χ4n) is 2.56. The first-order chi connectivity index (χ1) is 10.1. The van der Waals surface area contributed by atoms with Crippen molar-refractivity contribution in [2.24, 2.45) is 0 Å². The minimum absolute atomic E-state index is 0.338. The van der Waals surface area contributed by atoms with Crippen LogP contribution in [0, 0.1) is 13.8 Å². The third-order valence-electron chi connectivity index (χ3n) is 3.62. The van der Waals surface area contributed by atoms with Crippen LogP contribution in [0.3, 0.4) is 0 Å². The molecule has 0 saturated carbocycles. The molecule has 2 heterocycles. The lowest BCUT2D eigenvalue weighted by Gasteiger charge is -2.29. The molecule has 0 radical (unpaired) electrons. The monoisotopic (exact) mass is 293 g/mol. The second kappa shape index (κ2) is 7.56. The molecule has 0 spiro atoms. The molecule has 1 saturated heterocycles. The summed E-state index contributed by atoms with van der Waals surface area (Å²) in [7, 11) is 0. The molecule has 118 valence electrons. The number of aromatic nitrogens is 2. The molecule has 1 aromatic rings. The van der Waals surface area contributed by atoms with Gasteiger partial charge in [0, 0.05) is 37.8 Å². The molecule has 21 heavy (non-hydrogen) atoms. The summed E-state index contributed by atoms with van der Waals surface area (Å²) in [5.41, 5.74) is 1.08. The highest BCUT2D eigenvalue weighted by atomic mass is 16.5. The molecule has 1 unspecified atom stereocenters. The SMILES string of the molecule is CCNc1nc(C)nc(NC(C)CN2CCOCC2)c1C. The fourth-order valence-corrected chi connectivity index (χ4v) is 2.56. The number of hydrogen-bond donors (Lipinski definition) is 2. The highest BCUT2D eigenvalue weighted by Crippen LogP contribution is 2.20. The van der Waals surface area contributed by atoms with Crippen molar-refractivity contribution in [1.82, 2.24) is 14.9 Å². The molecule has 0 amide bonds. The van der Waals surface area contributed by atoms with Crippen molar-refractivity contribution in [2.45, 2.75) is 33.7 Å². The minimum Gasteiger partial charge on any atom is -0.379 e. The van der Waals surface area contributed by atoms with Gasteiger partial charge in [0.2, 0.25) is 0 Å². The van der Waals surface area contributed by atoms with Gasteiger partial charge in [-0.25, -0.2) is 9.97 Å². The summed E-state index contributed by atoms with van der Waals surface area (Å²) in [6.07, 6.45) is 0. The van der Waals surface area contributed by atoms with Gasteiger partial charge in [0.25, 0.3) is 0 Å². The van der Waals surface area contributed by atoms with Gasteiger partial charge in [-0.15, -0.1) is 0 Å². The maximum Gasteiger partial charge on any atom is 0.135 e. The highest BCUT2D eigenvalue weighted by molar-refractivity contribution is 5.57. The topological polar surface area (TPSA) is 62.3 Å². The van der Waals surface area contributed by atoms with Gasteiger partial charge in [-0.2, -0.15) is 0 Å². The van der Waals surface area contributed by atoms with E-state index in [0.717, 1.165) is 62.4 Å². The summed E-state index contributed by atoms with van der Waals surface area (Å²) >= 11 is 0. The summed E-state index contributed by atoms with van der Waals surface area (Å²) in [5.74, 6) is 2.64. The van der Waals surface area contributed by atoms with Crippen LogP contribution in [0.25, 0.3) is 0 Å². The van der Waals surface area contributed by atoms with E-state index in [9.17, 15) is 0 Å². The van der Waals surface area contributed by atoms with Crippen molar-refractivity contribution < 1.29 is 4.74 Å². The number of ether oxygens (including phenoxy) is 1. The maximum atomic E-state index is 5.39. The fraction of sp³-hybridized carbons (Fsp3) is 0.733. The molecule has 1 aliphatic heterocycles. The Hall–Kier alpha value is -1.40. The Balaban J connectivity index is 2.00. The van der Waals surface area contributed by atoms with E-state index in [4.69, 9.17) is 4.74 Å². The van der Waals surface area contributed by atoms with Crippen molar-refractivity contribution in [3.8, 4) is 0 Å². The van der Waals surface area contributed by atoms with Crippen LogP contribution >= 0.6 is 0 Å². The largest absolute Gasteiger partial charge is 0.379 e. The third-order valence-corrected chi connectivity index (χ3v) is 3.62. The maximum absolute atomic E-state index is 5.39. The summed E-state index contributed by atoms with van der Waals surface area (Å²) < 4.78 is 5.39. The molecular formula is C15H27N5O. The molecule has 2 rings (SSSR count). The molecule has 6 nitrogen and oxygen atoms in total. The van der Waals surface area contributed by atoms with Gasteiger partial charge in [-0.05, 0) is 27.7 Å². The van der Waals surface area contributed by atoms with E-state index in [1.165, 1.54) is 0 Å². The number of aryl methyl sites for hydroxylation is 1. The Morgan fingerprint density at radius 2 is 1.86 bits per heavy atom. The van der Waals surface area contributed by atoms with Crippen molar-refractivity contribution in [3.63, 3.8) is 0 Å². The molecule has 1 aliphatic rings.